The van der Waals surface area contributed by atoms with Crippen LogP contribution in [0.5, 0.6) is 5.75 Å². The number of para-hydroxylation sites is 2. The quantitative estimate of drug-likeness (QED) is 0.898. The molecule has 0 spiro atoms. The molecule has 0 radical (unpaired) electrons. The van der Waals surface area contributed by atoms with Crippen molar-refractivity contribution in [1.82, 2.24) is 0 Å². The van der Waals surface area contributed by atoms with Crippen LogP contribution in [-0.2, 0) is 0 Å². The molecule has 4 heteroatoms. The molecule has 1 amide bonds. The van der Waals surface area contributed by atoms with Gasteiger partial charge in [-0.1, -0.05) is 31.2 Å². The minimum Gasteiger partial charge on any atom is -0.493 e. The minimum absolute atomic E-state index is 0.155. The summed E-state index contributed by atoms with van der Waals surface area (Å²) in [7, 11) is 0. The molecule has 0 heterocycles. The first-order chi connectivity index (χ1) is 9.72. The van der Waals surface area contributed by atoms with Crippen LogP contribution in [0.25, 0.3) is 0 Å². The monoisotopic (exact) mass is 273 g/mol. The fourth-order valence-electron chi connectivity index (χ4n) is 1.74. The van der Waals surface area contributed by atoms with E-state index in [-0.39, 0.29) is 11.6 Å². The average molecular weight is 273 g/mol. The van der Waals surface area contributed by atoms with Gasteiger partial charge in [-0.05, 0) is 30.7 Å². The fourth-order valence-corrected chi connectivity index (χ4v) is 1.74. The van der Waals surface area contributed by atoms with Gasteiger partial charge in [0.25, 0.3) is 5.91 Å². The number of carbonyl (C=O) groups excluding carboxylic acids is 1. The van der Waals surface area contributed by atoms with E-state index in [1.165, 1.54) is 12.1 Å². The maximum atomic E-state index is 13.5. The Morgan fingerprint density at radius 2 is 1.85 bits per heavy atom. The van der Waals surface area contributed by atoms with Gasteiger partial charge in [0.1, 0.15) is 11.6 Å². The summed E-state index contributed by atoms with van der Waals surface area (Å²) < 4.78 is 19.0. The molecular weight excluding hydrogens is 257 g/mol. The number of hydrogen-bond donors (Lipinski definition) is 1. The third-order valence-electron chi connectivity index (χ3n) is 2.72. The predicted octanol–water partition coefficient (Wildman–Crippen LogP) is 3.87. The zero-order valence-electron chi connectivity index (χ0n) is 11.2. The second kappa shape index (κ2) is 6.70. The van der Waals surface area contributed by atoms with E-state index >= 15 is 0 Å². The molecule has 0 fully saturated rings. The molecule has 0 atom stereocenters. The van der Waals surface area contributed by atoms with Gasteiger partial charge in [-0.15, -0.1) is 0 Å². The van der Waals surface area contributed by atoms with Crippen LogP contribution < -0.4 is 10.1 Å². The number of halogens is 1. The second-order valence-corrected chi connectivity index (χ2v) is 4.28. The van der Waals surface area contributed by atoms with Gasteiger partial charge in [0.05, 0.1) is 17.9 Å². The Morgan fingerprint density at radius 3 is 2.60 bits per heavy atom. The average Bonchev–Trinajstić information content (AvgIpc) is 2.47. The van der Waals surface area contributed by atoms with E-state index in [1.54, 1.807) is 36.4 Å². The van der Waals surface area contributed by atoms with Crippen molar-refractivity contribution in [3.63, 3.8) is 0 Å². The number of hydrogen-bond acceptors (Lipinski definition) is 2. The lowest BCUT2D eigenvalue weighted by atomic mass is 10.2. The maximum Gasteiger partial charge on any atom is 0.259 e. The fraction of sp³-hybridized carbons (Fsp3) is 0.188. The van der Waals surface area contributed by atoms with Gasteiger partial charge in [-0.2, -0.15) is 0 Å². The van der Waals surface area contributed by atoms with Gasteiger partial charge in [0.15, 0.2) is 0 Å². The van der Waals surface area contributed by atoms with Crippen molar-refractivity contribution in [1.29, 1.82) is 0 Å². The summed E-state index contributed by atoms with van der Waals surface area (Å²) in [5.41, 5.74) is 0.548. The predicted molar refractivity (Wildman–Crippen MR) is 76.6 cm³/mol. The van der Waals surface area contributed by atoms with Crippen LogP contribution in [0.1, 0.15) is 23.7 Å². The molecule has 0 saturated carbocycles. The number of amides is 1. The molecule has 20 heavy (non-hydrogen) atoms. The number of rotatable bonds is 5. The van der Waals surface area contributed by atoms with Crippen LogP contribution in [0.3, 0.4) is 0 Å². The molecule has 2 aromatic carbocycles. The van der Waals surface area contributed by atoms with Crippen molar-refractivity contribution in [3.05, 3.63) is 59.9 Å². The Hall–Kier alpha value is -2.36. The van der Waals surface area contributed by atoms with E-state index in [0.717, 1.165) is 6.42 Å². The summed E-state index contributed by atoms with van der Waals surface area (Å²) in [5, 5.41) is 2.55. The number of carbonyl (C=O) groups is 1. The zero-order valence-corrected chi connectivity index (χ0v) is 11.2. The van der Waals surface area contributed by atoms with Crippen LogP contribution >= 0.6 is 0 Å². The smallest absolute Gasteiger partial charge is 0.259 e. The lowest BCUT2D eigenvalue weighted by Crippen LogP contribution is -2.14. The molecule has 0 unspecified atom stereocenters. The van der Waals surface area contributed by atoms with Gasteiger partial charge in [0, 0.05) is 0 Å². The summed E-state index contributed by atoms with van der Waals surface area (Å²) in [5.74, 6) is -0.349. The molecule has 0 aliphatic rings. The number of benzene rings is 2. The van der Waals surface area contributed by atoms with E-state index in [9.17, 15) is 9.18 Å². The molecule has 0 saturated heterocycles. The van der Waals surface area contributed by atoms with Crippen LogP contribution in [0.15, 0.2) is 48.5 Å². The first-order valence-corrected chi connectivity index (χ1v) is 6.50. The van der Waals surface area contributed by atoms with Gasteiger partial charge in [0.2, 0.25) is 0 Å². The summed E-state index contributed by atoms with van der Waals surface area (Å²) in [4.78, 5) is 12.2. The van der Waals surface area contributed by atoms with Crippen molar-refractivity contribution in [2.45, 2.75) is 13.3 Å². The van der Waals surface area contributed by atoms with Crippen LogP contribution in [-0.4, -0.2) is 12.5 Å². The molecule has 0 aliphatic heterocycles. The topological polar surface area (TPSA) is 38.3 Å². The number of anilines is 1. The van der Waals surface area contributed by atoms with Gasteiger partial charge >= 0.3 is 0 Å². The van der Waals surface area contributed by atoms with Crippen LogP contribution in [0, 0.1) is 5.82 Å². The molecule has 2 rings (SSSR count). The second-order valence-electron chi connectivity index (χ2n) is 4.28. The van der Waals surface area contributed by atoms with Crippen molar-refractivity contribution in [3.8, 4) is 5.75 Å². The Kier molecular flexibility index (Phi) is 4.71. The molecule has 3 nitrogen and oxygen atoms in total. The van der Waals surface area contributed by atoms with Gasteiger partial charge in [-0.3, -0.25) is 4.79 Å². The van der Waals surface area contributed by atoms with Gasteiger partial charge in [-0.25, -0.2) is 4.39 Å². The first kappa shape index (κ1) is 14.1. The minimum atomic E-state index is -0.465. The van der Waals surface area contributed by atoms with E-state index in [4.69, 9.17) is 4.74 Å². The normalized spacial score (nSPS) is 10.1. The third kappa shape index (κ3) is 3.35. The first-order valence-electron chi connectivity index (χ1n) is 6.50. The number of ether oxygens (including phenoxy) is 1. The Morgan fingerprint density at radius 1 is 1.15 bits per heavy atom. The van der Waals surface area contributed by atoms with Crippen molar-refractivity contribution >= 4 is 11.6 Å². The lowest BCUT2D eigenvalue weighted by molar-refractivity contribution is 0.102. The highest BCUT2D eigenvalue weighted by molar-refractivity contribution is 6.06. The number of nitrogens with one attached hydrogen (secondary N) is 1. The van der Waals surface area contributed by atoms with Crippen molar-refractivity contribution < 1.29 is 13.9 Å². The third-order valence-corrected chi connectivity index (χ3v) is 2.72. The van der Waals surface area contributed by atoms with E-state index in [0.29, 0.717) is 17.9 Å². The zero-order chi connectivity index (χ0) is 14.4. The molecule has 104 valence electrons. The summed E-state index contributed by atoms with van der Waals surface area (Å²) in [6.45, 7) is 2.52. The summed E-state index contributed by atoms with van der Waals surface area (Å²) in [6, 6.07) is 13.0. The maximum absolute atomic E-state index is 13.5. The molecular formula is C16H16FNO2. The largest absolute Gasteiger partial charge is 0.493 e. The molecule has 1 N–H and O–H groups in total. The molecule has 0 aromatic heterocycles. The molecule has 0 bridgehead atoms. The van der Waals surface area contributed by atoms with Crippen molar-refractivity contribution in [2.24, 2.45) is 0 Å². The Labute approximate surface area is 117 Å². The SMILES string of the molecule is CCCOc1ccccc1C(=O)Nc1ccccc1F. The summed E-state index contributed by atoms with van der Waals surface area (Å²) in [6.07, 6.45) is 0.850. The van der Waals surface area contributed by atoms with E-state index in [2.05, 4.69) is 5.32 Å². The van der Waals surface area contributed by atoms with Crippen LogP contribution in [0.2, 0.25) is 0 Å². The molecule has 0 aliphatic carbocycles. The Balaban J connectivity index is 2.19. The Bertz CT molecular complexity index is 599. The van der Waals surface area contributed by atoms with Crippen LogP contribution in [0.4, 0.5) is 10.1 Å². The standard InChI is InChI=1S/C16H16FNO2/c1-2-11-20-15-10-6-3-7-12(15)16(19)18-14-9-5-4-8-13(14)17/h3-10H,2,11H2,1H3,(H,18,19). The van der Waals surface area contributed by atoms with Crippen molar-refractivity contribution in [2.75, 3.05) is 11.9 Å². The summed E-state index contributed by atoms with van der Waals surface area (Å²) >= 11 is 0. The van der Waals surface area contributed by atoms with E-state index in [1.807, 2.05) is 6.92 Å². The highest BCUT2D eigenvalue weighted by Gasteiger charge is 2.13. The molecule has 2 aromatic rings. The highest BCUT2D eigenvalue weighted by atomic mass is 19.1. The van der Waals surface area contributed by atoms with Gasteiger partial charge < -0.3 is 10.1 Å². The highest BCUT2D eigenvalue weighted by Crippen LogP contribution is 2.21. The lowest BCUT2D eigenvalue weighted by Gasteiger charge is -2.11. The van der Waals surface area contributed by atoms with E-state index < -0.39 is 5.82 Å².